The fourth-order valence-corrected chi connectivity index (χ4v) is 7.78. The number of hydrogen-bond donors (Lipinski definition) is 3. The van der Waals surface area contributed by atoms with E-state index in [0.717, 1.165) is 46.7 Å². The van der Waals surface area contributed by atoms with Crippen molar-refractivity contribution in [2.75, 3.05) is 56.0 Å². The Morgan fingerprint density at radius 2 is 1.21 bits per heavy atom. The van der Waals surface area contributed by atoms with Crippen LogP contribution in [0.3, 0.4) is 0 Å². The van der Waals surface area contributed by atoms with Crippen LogP contribution in [0, 0.1) is 5.92 Å². The topological polar surface area (TPSA) is 137 Å². The van der Waals surface area contributed by atoms with Crippen LogP contribution in [0.5, 0.6) is 0 Å². The molecular formula is C47H50N6O5. The SMILES string of the molecule is NC(=O)C1CCN(CC(=O)Nc2cccc(C(=O)NCCN3CCC(OC(=O)N(c4ccccc4-c4ccccc4)c4ccccc4-c4ccccc4)CC3)c2)CC1. The maximum absolute atomic E-state index is 14.4. The number of ether oxygens (including phenoxy) is 1. The van der Waals surface area contributed by atoms with Crippen LogP contribution in [0.1, 0.15) is 36.0 Å². The highest BCUT2D eigenvalue weighted by atomic mass is 16.6. The second-order valence-corrected chi connectivity index (χ2v) is 14.9. The molecule has 2 fully saturated rings. The number of nitrogens with zero attached hydrogens (tertiary/aromatic N) is 3. The summed E-state index contributed by atoms with van der Waals surface area (Å²) < 4.78 is 6.33. The molecule has 2 aliphatic heterocycles. The lowest BCUT2D eigenvalue weighted by atomic mass is 9.96. The Morgan fingerprint density at radius 3 is 1.79 bits per heavy atom. The summed E-state index contributed by atoms with van der Waals surface area (Å²) in [5, 5.41) is 5.90. The minimum atomic E-state index is -0.430. The zero-order chi connectivity index (χ0) is 40.3. The molecule has 2 aliphatic rings. The number of hydrogen-bond acceptors (Lipinski definition) is 7. The number of carbonyl (C=O) groups excluding carboxylic acids is 4. The Hall–Kier alpha value is -6.30. The first kappa shape index (κ1) is 39.9. The fraction of sp³-hybridized carbons (Fsp3) is 0.277. The van der Waals surface area contributed by atoms with Crippen LogP contribution in [0.4, 0.5) is 21.9 Å². The number of amides is 4. The van der Waals surface area contributed by atoms with Gasteiger partial charge in [0.05, 0.1) is 17.9 Å². The number of carbonyl (C=O) groups is 4. The van der Waals surface area contributed by atoms with Gasteiger partial charge < -0.3 is 26.0 Å². The summed E-state index contributed by atoms with van der Waals surface area (Å²) >= 11 is 0. The second-order valence-electron chi connectivity index (χ2n) is 14.9. The van der Waals surface area contributed by atoms with Gasteiger partial charge in [0.15, 0.2) is 0 Å². The quantitative estimate of drug-likeness (QED) is 0.114. The Labute approximate surface area is 339 Å². The number of rotatable bonds is 13. The van der Waals surface area contributed by atoms with E-state index in [9.17, 15) is 19.2 Å². The van der Waals surface area contributed by atoms with E-state index in [1.165, 1.54) is 0 Å². The molecule has 7 rings (SSSR count). The number of primary amides is 1. The number of para-hydroxylation sites is 2. The number of anilines is 3. The predicted molar refractivity (Wildman–Crippen MR) is 228 cm³/mol. The second kappa shape index (κ2) is 19.2. The van der Waals surface area contributed by atoms with Gasteiger partial charge in [-0.3, -0.25) is 19.3 Å². The van der Waals surface area contributed by atoms with E-state index in [2.05, 4.69) is 15.5 Å². The molecule has 0 bridgehead atoms. The monoisotopic (exact) mass is 778 g/mol. The predicted octanol–water partition coefficient (Wildman–Crippen LogP) is 7.33. The maximum Gasteiger partial charge on any atom is 0.419 e. The summed E-state index contributed by atoms with van der Waals surface area (Å²) in [6.07, 6.45) is 1.93. The first-order valence-electron chi connectivity index (χ1n) is 20.0. The van der Waals surface area contributed by atoms with E-state index in [0.29, 0.717) is 63.1 Å². The van der Waals surface area contributed by atoms with Crippen LogP contribution in [-0.4, -0.2) is 85.5 Å². The minimum Gasteiger partial charge on any atom is -0.445 e. The van der Waals surface area contributed by atoms with Crippen LogP contribution in [0.2, 0.25) is 0 Å². The first-order valence-corrected chi connectivity index (χ1v) is 20.0. The number of nitrogens with two attached hydrogens (primary N) is 1. The van der Waals surface area contributed by atoms with Gasteiger partial charge in [0.25, 0.3) is 5.91 Å². The van der Waals surface area contributed by atoms with Gasteiger partial charge in [-0.15, -0.1) is 0 Å². The van der Waals surface area contributed by atoms with Crippen molar-refractivity contribution in [1.82, 2.24) is 15.1 Å². The summed E-state index contributed by atoms with van der Waals surface area (Å²) in [6.45, 7) is 4.02. The molecule has 11 nitrogen and oxygen atoms in total. The fourth-order valence-electron chi connectivity index (χ4n) is 7.78. The average molecular weight is 779 g/mol. The average Bonchev–Trinajstić information content (AvgIpc) is 3.25. The molecular weight excluding hydrogens is 729 g/mol. The molecule has 11 heteroatoms. The van der Waals surface area contributed by atoms with E-state index in [1.54, 1.807) is 29.2 Å². The normalized spacial score (nSPS) is 15.3. The minimum absolute atomic E-state index is 0.132. The van der Waals surface area contributed by atoms with Crippen molar-refractivity contribution in [3.63, 3.8) is 0 Å². The van der Waals surface area contributed by atoms with E-state index in [4.69, 9.17) is 10.5 Å². The highest BCUT2D eigenvalue weighted by molar-refractivity contribution is 6.04. The number of likely N-dealkylation sites (tertiary alicyclic amines) is 2. The van der Waals surface area contributed by atoms with Crippen molar-refractivity contribution in [2.45, 2.75) is 31.8 Å². The molecule has 2 heterocycles. The van der Waals surface area contributed by atoms with Gasteiger partial charge in [-0.25, -0.2) is 9.69 Å². The van der Waals surface area contributed by atoms with Crippen LogP contribution in [0.15, 0.2) is 133 Å². The summed E-state index contributed by atoms with van der Waals surface area (Å²) in [7, 11) is 0. The molecule has 4 amide bonds. The molecule has 0 aromatic heterocycles. The van der Waals surface area contributed by atoms with Crippen molar-refractivity contribution < 1.29 is 23.9 Å². The summed E-state index contributed by atoms with van der Waals surface area (Å²) in [5.41, 5.74) is 11.8. The molecule has 58 heavy (non-hydrogen) atoms. The molecule has 0 saturated carbocycles. The molecule has 298 valence electrons. The summed E-state index contributed by atoms with van der Waals surface area (Å²) in [6, 6.07) is 42.9. The molecule has 0 radical (unpaired) electrons. The van der Waals surface area contributed by atoms with Gasteiger partial charge in [0.2, 0.25) is 11.8 Å². The third-order valence-electron chi connectivity index (χ3n) is 10.9. The summed E-state index contributed by atoms with van der Waals surface area (Å²) in [4.78, 5) is 57.7. The van der Waals surface area contributed by atoms with Gasteiger partial charge >= 0.3 is 6.09 Å². The lowest BCUT2D eigenvalue weighted by Gasteiger charge is -2.33. The van der Waals surface area contributed by atoms with Crippen molar-refractivity contribution in [2.24, 2.45) is 11.7 Å². The number of piperidine rings is 2. The molecule has 0 atom stereocenters. The Balaban J connectivity index is 0.935. The van der Waals surface area contributed by atoms with Gasteiger partial charge in [-0.2, -0.15) is 0 Å². The van der Waals surface area contributed by atoms with Crippen molar-refractivity contribution >= 4 is 40.9 Å². The lowest BCUT2D eigenvalue weighted by Crippen LogP contribution is -2.43. The van der Waals surface area contributed by atoms with Crippen molar-refractivity contribution in [3.05, 3.63) is 139 Å². The maximum atomic E-state index is 14.4. The third-order valence-corrected chi connectivity index (χ3v) is 10.9. The van der Waals surface area contributed by atoms with E-state index in [-0.39, 0.29) is 36.3 Å². The molecule has 0 aliphatic carbocycles. The number of nitrogens with one attached hydrogen (secondary N) is 2. The Bertz CT molecular complexity index is 2100. The summed E-state index contributed by atoms with van der Waals surface area (Å²) in [5.74, 6) is -0.813. The van der Waals surface area contributed by atoms with Crippen LogP contribution in [0.25, 0.3) is 22.3 Å². The number of benzene rings is 5. The molecule has 5 aromatic rings. The van der Waals surface area contributed by atoms with Crippen molar-refractivity contribution in [3.8, 4) is 22.3 Å². The Kier molecular flexibility index (Phi) is 13.2. The van der Waals surface area contributed by atoms with E-state index >= 15 is 0 Å². The third kappa shape index (κ3) is 10.2. The zero-order valence-corrected chi connectivity index (χ0v) is 32.6. The molecule has 0 spiro atoms. The highest BCUT2D eigenvalue weighted by Gasteiger charge is 2.30. The van der Waals surface area contributed by atoms with Gasteiger partial charge in [0.1, 0.15) is 6.10 Å². The lowest BCUT2D eigenvalue weighted by molar-refractivity contribution is -0.123. The highest BCUT2D eigenvalue weighted by Crippen LogP contribution is 2.40. The van der Waals surface area contributed by atoms with Gasteiger partial charge in [-0.05, 0) is 80.2 Å². The van der Waals surface area contributed by atoms with Gasteiger partial charge in [-0.1, -0.05) is 103 Å². The smallest absolute Gasteiger partial charge is 0.419 e. The van der Waals surface area contributed by atoms with E-state index in [1.807, 2.05) is 114 Å². The van der Waals surface area contributed by atoms with Gasteiger partial charge in [0, 0.05) is 54.5 Å². The Morgan fingerprint density at radius 1 is 0.655 bits per heavy atom. The molecule has 0 unspecified atom stereocenters. The molecule has 2 saturated heterocycles. The largest absolute Gasteiger partial charge is 0.445 e. The molecule has 4 N–H and O–H groups in total. The standard InChI is InChI=1S/C47H50N6O5/c48-45(55)36-22-27-52(28-23-36)33-44(54)50-38-17-11-16-37(32-38)46(56)49-26-31-51-29-24-39(25-30-51)58-47(57)53(42-20-9-7-18-40(42)34-12-3-1-4-13-34)43-21-10-8-19-41(43)35-14-5-2-6-15-35/h1-21,32,36,39H,22-31,33H2,(H2,48,55)(H,49,56)(H,50,54). The zero-order valence-electron chi connectivity index (χ0n) is 32.6. The van der Waals surface area contributed by atoms with Crippen LogP contribution >= 0.6 is 0 Å². The van der Waals surface area contributed by atoms with Crippen molar-refractivity contribution in [1.29, 1.82) is 0 Å². The van der Waals surface area contributed by atoms with Crippen LogP contribution < -0.4 is 21.3 Å². The first-order chi connectivity index (χ1) is 28.3. The molecule has 5 aromatic carbocycles. The van der Waals surface area contributed by atoms with Crippen LogP contribution in [-0.2, 0) is 14.3 Å². The van der Waals surface area contributed by atoms with E-state index < -0.39 is 6.09 Å².